The molecule has 1 aromatic carbocycles. The molecule has 1 aromatic rings. The van der Waals surface area contributed by atoms with Gasteiger partial charge in [0.2, 0.25) is 0 Å². The normalized spacial score (nSPS) is 12.5. The maximum atomic E-state index is 10.9. The second kappa shape index (κ2) is 4.51. The minimum atomic E-state index is -1.10. The molecule has 0 bridgehead atoms. The summed E-state index contributed by atoms with van der Waals surface area (Å²) in [7, 11) is 0. The fourth-order valence-corrected chi connectivity index (χ4v) is 1.82. The number of carbonyl (C=O) groups is 1. The van der Waals surface area contributed by atoms with Crippen LogP contribution in [0.2, 0.25) is 5.02 Å². The van der Waals surface area contributed by atoms with Crippen molar-refractivity contribution in [1.82, 2.24) is 0 Å². The summed E-state index contributed by atoms with van der Waals surface area (Å²) in [5.74, 6) is -2.20. The maximum absolute atomic E-state index is 10.9. The predicted molar refractivity (Wildman–Crippen MR) is 57.3 cm³/mol. The Labute approximate surface area is 92.3 Å². The van der Waals surface area contributed by atoms with E-state index < -0.39 is 11.9 Å². The number of phenols is 1. The molecule has 0 heterocycles. The number of rotatable bonds is 3. The van der Waals surface area contributed by atoms with Crippen molar-refractivity contribution >= 4 is 17.6 Å². The molecule has 15 heavy (non-hydrogen) atoms. The first-order valence-corrected chi connectivity index (χ1v) is 4.77. The monoisotopic (exact) mass is 229 g/mol. The van der Waals surface area contributed by atoms with Crippen molar-refractivity contribution in [1.29, 1.82) is 0 Å². The Morgan fingerprint density at radius 2 is 2.20 bits per heavy atom. The third kappa shape index (κ3) is 2.40. The van der Waals surface area contributed by atoms with Gasteiger partial charge in [-0.2, -0.15) is 0 Å². The van der Waals surface area contributed by atoms with Gasteiger partial charge in [-0.05, 0) is 24.6 Å². The zero-order valence-electron chi connectivity index (χ0n) is 8.20. The van der Waals surface area contributed by atoms with E-state index >= 15 is 0 Å². The average molecular weight is 230 g/mol. The highest BCUT2D eigenvalue weighted by Crippen LogP contribution is 2.33. The van der Waals surface area contributed by atoms with Crippen LogP contribution < -0.4 is 5.73 Å². The molecule has 0 aliphatic carbocycles. The van der Waals surface area contributed by atoms with Crippen LogP contribution in [0.1, 0.15) is 17.0 Å². The number of carboxylic acids is 1. The molecule has 0 aliphatic rings. The minimum Gasteiger partial charge on any atom is -0.508 e. The lowest BCUT2D eigenvalue weighted by molar-refractivity contribution is -0.138. The lowest BCUT2D eigenvalue weighted by Crippen LogP contribution is -2.21. The van der Waals surface area contributed by atoms with Gasteiger partial charge in [0.15, 0.2) is 0 Å². The van der Waals surface area contributed by atoms with E-state index in [2.05, 4.69) is 0 Å². The van der Waals surface area contributed by atoms with Gasteiger partial charge < -0.3 is 15.9 Å². The van der Waals surface area contributed by atoms with Crippen molar-refractivity contribution in [2.24, 2.45) is 5.73 Å². The molecule has 0 spiro atoms. The van der Waals surface area contributed by atoms with Crippen LogP contribution >= 0.6 is 11.6 Å². The van der Waals surface area contributed by atoms with E-state index in [0.29, 0.717) is 0 Å². The smallest absolute Gasteiger partial charge is 0.312 e. The lowest BCUT2D eigenvalue weighted by atomic mass is 9.97. The number of aryl methyl sites for hydroxylation is 1. The van der Waals surface area contributed by atoms with Crippen LogP contribution in [0.5, 0.6) is 5.75 Å². The molecule has 0 saturated carbocycles. The fraction of sp³-hybridized carbons (Fsp3) is 0.300. The first kappa shape index (κ1) is 11.8. The number of aromatic hydroxyl groups is 1. The summed E-state index contributed by atoms with van der Waals surface area (Å²) >= 11 is 5.87. The molecule has 1 unspecified atom stereocenters. The van der Waals surface area contributed by atoms with Gasteiger partial charge in [0.25, 0.3) is 0 Å². The Bertz CT molecular complexity index is 369. The molecule has 0 amide bonds. The molecular weight excluding hydrogens is 218 g/mol. The Kier molecular flexibility index (Phi) is 3.55. The second-order valence-electron chi connectivity index (χ2n) is 3.31. The Morgan fingerprint density at radius 3 is 2.60 bits per heavy atom. The molecule has 0 fully saturated rings. The topological polar surface area (TPSA) is 83.5 Å². The van der Waals surface area contributed by atoms with Crippen molar-refractivity contribution in [2.45, 2.75) is 12.8 Å². The van der Waals surface area contributed by atoms with Crippen LogP contribution in [0.25, 0.3) is 0 Å². The molecule has 82 valence electrons. The number of benzene rings is 1. The molecule has 4 N–H and O–H groups in total. The van der Waals surface area contributed by atoms with Gasteiger partial charge in [0.05, 0.1) is 5.92 Å². The van der Waals surface area contributed by atoms with Crippen molar-refractivity contribution < 1.29 is 15.0 Å². The second-order valence-corrected chi connectivity index (χ2v) is 3.71. The molecule has 4 nitrogen and oxygen atoms in total. The molecular formula is C10H12ClNO3. The number of aliphatic carboxylic acids is 1. The summed E-state index contributed by atoms with van der Waals surface area (Å²) in [6.45, 7) is 1.65. The summed E-state index contributed by atoms with van der Waals surface area (Å²) in [6.07, 6.45) is 0. The third-order valence-corrected chi connectivity index (χ3v) is 2.45. The standard InChI is InChI=1S/C10H12ClNO3/c1-5-2-7(11)9(8(13)3-5)6(4-12)10(14)15/h2-3,6,13H,4,12H2,1H3,(H,14,15). The van der Waals surface area contributed by atoms with E-state index in [-0.39, 0.29) is 22.9 Å². The summed E-state index contributed by atoms with van der Waals surface area (Å²) in [4.78, 5) is 10.9. The van der Waals surface area contributed by atoms with Crippen LogP contribution in [-0.4, -0.2) is 22.7 Å². The van der Waals surface area contributed by atoms with Crippen LogP contribution in [0.3, 0.4) is 0 Å². The van der Waals surface area contributed by atoms with E-state index in [0.717, 1.165) is 5.56 Å². The van der Waals surface area contributed by atoms with E-state index in [1.165, 1.54) is 6.07 Å². The quantitative estimate of drug-likeness (QED) is 0.733. The van der Waals surface area contributed by atoms with Crippen molar-refractivity contribution in [2.75, 3.05) is 6.54 Å². The highest BCUT2D eigenvalue weighted by atomic mass is 35.5. The summed E-state index contributed by atoms with van der Waals surface area (Å²) < 4.78 is 0. The van der Waals surface area contributed by atoms with Crippen LogP contribution in [0, 0.1) is 6.92 Å². The Morgan fingerprint density at radius 1 is 1.60 bits per heavy atom. The van der Waals surface area contributed by atoms with Gasteiger partial charge in [0, 0.05) is 17.1 Å². The fourth-order valence-electron chi connectivity index (χ4n) is 1.42. The largest absolute Gasteiger partial charge is 0.508 e. The average Bonchev–Trinajstić information content (AvgIpc) is 2.09. The molecule has 5 heteroatoms. The SMILES string of the molecule is Cc1cc(O)c(C(CN)C(=O)O)c(Cl)c1. The summed E-state index contributed by atoms with van der Waals surface area (Å²) in [6, 6.07) is 3.06. The molecule has 1 rings (SSSR count). The van der Waals surface area contributed by atoms with E-state index in [4.69, 9.17) is 22.4 Å². The first-order valence-electron chi connectivity index (χ1n) is 4.39. The molecule has 1 atom stereocenters. The number of hydrogen-bond acceptors (Lipinski definition) is 3. The van der Waals surface area contributed by atoms with Gasteiger partial charge in [-0.1, -0.05) is 11.6 Å². The van der Waals surface area contributed by atoms with Crippen molar-refractivity contribution in [3.63, 3.8) is 0 Å². The Balaban J connectivity index is 3.29. The van der Waals surface area contributed by atoms with Crippen LogP contribution in [0.4, 0.5) is 0 Å². The van der Waals surface area contributed by atoms with Crippen LogP contribution in [-0.2, 0) is 4.79 Å². The Hall–Kier alpha value is -1.26. The van der Waals surface area contributed by atoms with Crippen LogP contribution in [0.15, 0.2) is 12.1 Å². The van der Waals surface area contributed by atoms with Crippen molar-refractivity contribution in [3.8, 4) is 5.75 Å². The highest BCUT2D eigenvalue weighted by molar-refractivity contribution is 6.32. The number of nitrogens with two attached hydrogens (primary N) is 1. The highest BCUT2D eigenvalue weighted by Gasteiger charge is 2.24. The van der Waals surface area contributed by atoms with E-state index in [9.17, 15) is 9.90 Å². The van der Waals surface area contributed by atoms with Gasteiger partial charge in [-0.3, -0.25) is 4.79 Å². The van der Waals surface area contributed by atoms with Gasteiger partial charge in [-0.15, -0.1) is 0 Å². The minimum absolute atomic E-state index is 0.105. The van der Waals surface area contributed by atoms with E-state index in [1.54, 1.807) is 13.0 Å². The molecule has 0 saturated heterocycles. The van der Waals surface area contributed by atoms with E-state index in [1.807, 2.05) is 0 Å². The number of phenolic OH excluding ortho intramolecular Hbond substituents is 1. The zero-order chi connectivity index (χ0) is 11.6. The third-order valence-electron chi connectivity index (χ3n) is 2.13. The first-order chi connectivity index (χ1) is 6.97. The van der Waals surface area contributed by atoms with Gasteiger partial charge in [-0.25, -0.2) is 0 Å². The number of carboxylic acid groups (broad SMARTS) is 1. The molecule has 0 aromatic heterocycles. The van der Waals surface area contributed by atoms with Gasteiger partial charge >= 0.3 is 5.97 Å². The van der Waals surface area contributed by atoms with Gasteiger partial charge in [0.1, 0.15) is 5.75 Å². The summed E-state index contributed by atoms with van der Waals surface area (Å²) in [5, 5.41) is 18.7. The van der Waals surface area contributed by atoms with Crippen molar-refractivity contribution in [3.05, 3.63) is 28.3 Å². The lowest BCUT2D eigenvalue weighted by Gasteiger charge is -2.14. The number of hydrogen-bond donors (Lipinski definition) is 3. The predicted octanol–water partition coefficient (Wildman–Crippen LogP) is 1.48. The molecule has 0 aliphatic heterocycles. The summed E-state index contributed by atoms with van der Waals surface area (Å²) in [5.41, 5.74) is 6.28. The molecule has 0 radical (unpaired) electrons. The zero-order valence-corrected chi connectivity index (χ0v) is 8.95. The maximum Gasteiger partial charge on any atom is 0.312 e. The number of halogens is 1.